The lowest BCUT2D eigenvalue weighted by Crippen LogP contribution is -2.22. The molecule has 1 atom stereocenters. The first kappa shape index (κ1) is 19.5. The van der Waals surface area contributed by atoms with Crippen molar-refractivity contribution in [3.63, 3.8) is 0 Å². The summed E-state index contributed by atoms with van der Waals surface area (Å²) in [5, 5.41) is 3.50. The van der Waals surface area contributed by atoms with Gasteiger partial charge in [-0.05, 0) is 37.6 Å². The van der Waals surface area contributed by atoms with Gasteiger partial charge in [0.1, 0.15) is 5.82 Å². The lowest BCUT2D eigenvalue weighted by molar-refractivity contribution is 0.521. The molecule has 0 aliphatic carbocycles. The van der Waals surface area contributed by atoms with E-state index in [9.17, 15) is 8.42 Å². The molecule has 0 radical (unpaired) electrons. The molecule has 7 heteroatoms. The molecule has 144 valence electrons. The zero-order valence-electron chi connectivity index (χ0n) is 16.2. The number of benzene rings is 2. The van der Waals surface area contributed by atoms with E-state index in [-0.39, 0.29) is 10.9 Å². The highest BCUT2D eigenvalue weighted by Gasteiger charge is 2.19. The van der Waals surface area contributed by atoms with Gasteiger partial charge in [-0.2, -0.15) is 0 Å². The summed E-state index contributed by atoms with van der Waals surface area (Å²) in [5.41, 5.74) is 2.86. The third-order valence-corrected chi connectivity index (χ3v) is 6.57. The minimum absolute atomic E-state index is 0.195. The number of sulfonamides is 1. The van der Waals surface area contributed by atoms with Crippen molar-refractivity contribution < 1.29 is 8.42 Å². The van der Waals surface area contributed by atoms with E-state index < -0.39 is 10.0 Å². The van der Waals surface area contributed by atoms with Crippen LogP contribution in [0.4, 0.5) is 0 Å². The maximum atomic E-state index is 12.4. The van der Waals surface area contributed by atoms with Crippen LogP contribution in [0.15, 0.2) is 53.4 Å². The highest BCUT2D eigenvalue weighted by molar-refractivity contribution is 7.89. The average molecular weight is 387 g/mol. The highest BCUT2D eigenvalue weighted by Crippen LogP contribution is 2.22. The zero-order chi connectivity index (χ0) is 19.6. The van der Waals surface area contributed by atoms with Crippen LogP contribution in [0.1, 0.15) is 31.3 Å². The predicted molar refractivity (Wildman–Crippen MR) is 108 cm³/mol. The third-order valence-electron chi connectivity index (χ3n) is 4.76. The van der Waals surface area contributed by atoms with Crippen LogP contribution in [0.5, 0.6) is 0 Å². The average Bonchev–Trinajstić information content (AvgIpc) is 3.03. The number of nitrogens with one attached hydrogen (secondary N) is 1. The van der Waals surface area contributed by atoms with E-state index in [1.165, 1.54) is 24.0 Å². The van der Waals surface area contributed by atoms with Crippen molar-refractivity contribution in [3.05, 3.63) is 59.9 Å². The van der Waals surface area contributed by atoms with Gasteiger partial charge in [-0.25, -0.2) is 17.7 Å². The van der Waals surface area contributed by atoms with E-state index in [4.69, 9.17) is 4.98 Å². The summed E-state index contributed by atoms with van der Waals surface area (Å²) >= 11 is 0. The summed E-state index contributed by atoms with van der Waals surface area (Å²) in [6, 6.07) is 15.6. The number of fused-ring (bicyclic) bond motifs is 1. The van der Waals surface area contributed by atoms with E-state index in [0.717, 1.165) is 17.9 Å². The summed E-state index contributed by atoms with van der Waals surface area (Å²) in [4.78, 5) is 4.96. The third kappa shape index (κ3) is 3.90. The van der Waals surface area contributed by atoms with Gasteiger partial charge in [0.15, 0.2) is 0 Å². The van der Waals surface area contributed by atoms with Gasteiger partial charge in [-0.1, -0.05) is 30.3 Å². The normalized spacial score (nSPS) is 13.4. The van der Waals surface area contributed by atoms with Gasteiger partial charge in [-0.15, -0.1) is 0 Å². The maximum Gasteiger partial charge on any atom is 0.242 e. The van der Waals surface area contributed by atoms with E-state index >= 15 is 0 Å². The van der Waals surface area contributed by atoms with Crippen molar-refractivity contribution in [2.45, 2.75) is 37.9 Å². The maximum absolute atomic E-state index is 12.4. The SMILES string of the molecule is CCn1c(CNC(C)c2ccccc2)nc2cc(S(=O)(=O)N(C)C)ccc21. The van der Waals surface area contributed by atoms with Crippen LogP contribution in [0.2, 0.25) is 0 Å². The fourth-order valence-electron chi connectivity index (χ4n) is 3.12. The second-order valence-electron chi connectivity index (χ2n) is 6.72. The summed E-state index contributed by atoms with van der Waals surface area (Å²) in [5.74, 6) is 0.898. The number of aryl methyl sites for hydroxylation is 1. The molecule has 0 fully saturated rings. The molecule has 0 bridgehead atoms. The summed E-state index contributed by atoms with van der Waals surface area (Å²) in [6.45, 7) is 5.56. The van der Waals surface area contributed by atoms with Crippen LogP contribution in [0.25, 0.3) is 11.0 Å². The first-order valence-corrected chi connectivity index (χ1v) is 10.5. The smallest absolute Gasteiger partial charge is 0.242 e. The summed E-state index contributed by atoms with van der Waals surface area (Å²) < 4.78 is 28.1. The molecule has 0 saturated heterocycles. The van der Waals surface area contributed by atoms with E-state index in [1.54, 1.807) is 12.1 Å². The van der Waals surface area contributed by atoms with Crippen LogP contribution >= 0.6 is 0 Å². The Kier molecular flexibility index (Phi) is 5.64. The van der Waals surface area contributed by atoms with Crippen molar-refractivity contribution in [1.29, 1.82) is 0 Å². The quantitative estimate of drug-likeness (QED) is 0.677. The largest absolute Gasteiger partial charge is 0.327 e. The molecule has 1 aromatic heterocycles. The van der Waals surface area contributed by atoms with Crippen LogP contribution in [-0.4, -0.2) is 36.4 Å². The zero-order valence-corrected chi connectivity index (χ0v) is 17.0. The summed E-state index contributed by atoms with van der Waals surface area (Å²) in [7, 11) is -0.408. The Morgan fingerprint density at radius 3 is 2.48 bits per heavy atom. The fourth-order valence-corrected chi connectivity index (χ4v) is 4.04. The lowest BCUT2D eigenvalue weighted by atomic mass is 10.1. The number of hydrogen-bond acceptors (Lipinski definition) is 4. The predicted octanol–water partition coefficient (Wildman–Crippen LogP) is 3.16. The molecule has 0 saturated carbocycles. The first-order chi connectivity index (χ1) is 12.8. The van der Waals surface area contributed by atoms with Crippen LogP contribution < -0.4 is 5.32 Å². The second-order valence-corrected chi connectivity index (χ2v) is 8.88. The topological polar surface area (TPSA) is 67.2 Å². The van der Waals surface area contributed by atoms with Crippen molar-refractivity contribution in [2.24, 2.45) is 0 Å². The Bertz CT molecular complexity index is 1030. The van der Waals surface area contributed by atoms with Gasteiger partial charge in [0.05, 0.1) is 22.5 Å². The van der Waals surface area contributed by atoms with Gasteiger partial charge in [-0.3, -0.25) is 0 Å². The van der Waals surface area contributed by atoms with Crippen molar-refractivity contribution in [1.82, 2.24) is 19.2 Å². The molecule has 1 heterocycles. The molecule has 1 unspecified atom stereocenters. The van der Waals surface area contributed by atoms with Crippen molar-refractivity contribution >= 4 is 21.1 Å². The molecule has 2 aromatic carbocycles. The van der Waals surface area contributed by atoms with Gasteiger partial charge in [0.25, 0.3) is 0 Å². The molecule has 3 aromatic rings. The molecule has 3 rings (SSSR count). The number of rotatable bonds is 7. The van der Waals surface area contributed by atoms with Crippen LogP contribution in [0.3, 0.4) is 0 Å². The van der Waals surface area contributed by atoms with Gasteiger partial charge < -0.3 is 9.88 Å². The number of aromatic nitrogens is 2. The van der Waals surface area contributed by atoms with Crippen molar-refractivity contribution in [2.75, 3.05) is 14.1 Å². The number of imidazole rings is 1. The highest BCUT2D eigenvalue weighted by atomic mass is 32.2. The lowest BCUT2D eigenvalue weighted by Gasteiger charge is -2.14. The monoisotopic (exact) mass is 386 g/mol. The fraction of sp³-hybridized carbons (Fsp3) is 0.350. The molecular weight excluding hydrogens is 360 g/mol. The van der Waals surface area contributed by atoms with Crippen LogP contribution in [-0.2, 0) is 23.1 Å². The van der Waals surface area contributed by atoms with E-state index in [1.807, 2.05) is 24.3 Å². The molecule has 27 heavy (non-hydrogen) atoms. The Morgan fingerprint density at radius 1 is 1.15 bits per heavy atom. The van der Waals surface area contributed by atoms with Gasteiger partial charge >= 0.3 is 0 Å². The molecule has 1 N–H and O–H groups in total. The number of hydrogen-bond donors (Lipinski definition) is 1. The Labute approximate surface area is 160 Å². The standard InChI is InChI=1S/C20H26N4O2S/c1-5-24-19-12-11-17(27(25,26)23(3)4)13-18(19)22-20(24)14-21-15(2)16-9-7-6-8-10-16/h6-13,15,21H,5,14H2,1-4H3. The molecule has 6 nitrogen and oxygen atoms in total. The molecular formula is C20H26N4O2S. The molecule has 0 aliphatic heterocycles. The minimum Gasteiger partial charge on any atom is -0.327 e. The Morgan fingerprint density at radius 2 is 1.85 bits per heavy atom. The first-order valence-electron chi connectivity index (χ1n) is 9.04. The molecule has 0 aliphatic rings. The van der Waals surface area contributed by atoms with E-state index in [0.29, 0.717) is 12.1 Å². The Hall–Kier alpha value is -2.22. The van der Waals surface area contributed by atoms with E-state index in [2.05, 4.69) is 35.9 Å². The van der Waals surface area contributed by atoms with Crippen LogP contribution in [0, 0.1) is 0 Å². The summed E-state index contributed by atoms with van der Waals surface area (Å²) in [6.07, 6.45) is 0. The van der Waals surface area contributed by atoms with Gasteiger partial charge in [0.2, 0.25) is 10.0 Å². The second kappa shape index (κ2) is 7.80. The Balaban J connectivity index is 1.89. The minimum atomic E-state index is -3.47. The van der Waals surface area contributed by atoms with Gasteiger partial charge in [0, 0.05) is 26.7 Å². The van der Waals surface area contributed by atoms with Crippen molar-refractivity contribution in [3.8, 4) is 0 Å². The molecule has 0 amide bonds. The molecule has 0 spiro atoms. The number of nitrogens with zero attached hydrogens (tertiary/aromatic N) is 3.